The highest BCUT2D eigenvalue weighted by Gasteiger charge is 2.52. The topological polar surface area (TPSA) is 57.6 Å². The zero-order chi connectivity index (χ0) is 18.4. The summed E-state index contributed by atoms with van der Waals surface area (Å²) in [7, 11) is 0. The number of benzene rings is 1. The Kier molecular flexibility index (Phi) is 4.65. The van der Waals surface area contributed by atoms with Crippen LogP contribution in [0.25, 0.3) is 0 Å². The Bertz CT molecular complexity index is 669. The maximum atomic E-state index is 12.9. The first-order chi connectivity index (χ1) is 11.6. The van der Waals surface area contributed by atoms with E-state index >= 15 is 0 Å². The van der Waals surface area contributed by atoms with Crippen molar-refractivity contribution in [2.45, 2.75) is 63.5 Å². The van der Waals surface area contributed by atoms with Crippen LogP contribution in [0.4, 0.5) is 5.69 Å². The Morgan fingerprint density at radius 2 is 1.76 bits per heavy atom. The van der Waals surface area contributed by atoms with Gasteiger partial charge in [0.15, 0.2) is 0 Å². The molecule has 1 saturated heterocycles. The molecule has 1 unspecified atom stereocenters. The third kappa shape index (κ3) is 3.31. The van der Waals surface area contributed by atoms with Gasteiger partial charge in [0.25, 0.3) is 0 Å². The first-order valence-electron chi connectivity index (χ1n) is 8.99. The second-order valence-corrected chi connectivity index (χ2v) is 10.1. The van der Waals surface area contributed by atoms with Gasteiger partial charge in [0, 0.05) is 5.69 Å². The van der Waals surface area contributed by atoms with Gasteiger partial charge in [0.2, 0.25) is 5.91 Å². The van der Waals surface area contributed by atoms with E-state index in [0.717, 1.165) is 31.4 Å². The van der Waals surface area contributed by atoms with Crippen LogP contribution in [0.5, 0.6) is 0 Å². The number of anilines is 1. The van der Waals surface area contributed by atoms with Gasteiger partial charge < -0.3 is 5.11 Å². The molecule has 1 aromatic carbocycles. The smallest absolute Gasteiger partial charge is 0.335 e. The van der Waals surface area contributed by atoms with Gasteiger partial charge in [-0.05, 0) is 68.2 Å². The van der Waals surface area contributed by atoms with E-state index < -0.39 is 5.97 Å². The van der Waals surface area contributed by atoms with Crippen molar-refractivity contribution >= 4 is 29.3 Å². The number of thioether (sulfide) groups is 1. The number of rotatable bonds is 2. The number of nitrogens with zero attached hydrogens (tertiary/aromatic N) is 1. The number of amides is 1. The number of carbonyl (C=O) groups is 2. The molecule has 2 fully saturated rings. The first-order valence-corrected chi connectivity index (χ1v) is 9.87. The van der Waals surface area contributed by atoms with Crippen LogP contribution in [0, 0.1) is 11.3 Å². The average Bonchev–Trinajstić information content (AvgIpc) is 2.77. The minimum Gasteiger partial charge on any atom is -0.478 e. The molecule has 2 aliphatic rings. The van der Waals surface area contributed by atoms with Crippen molar-refractivity contribution in [3.05, 3.63) is 29.8 Å². The SMILES string of the molecule is CC1SC2(CCC(C(C)(C)C)CC2)N(c2ccc(C(=O)O)cc2)C1=O. The van der Waals surface area contributed by atoms with Gasteiger partial charge in [-0.25, -0.2) is 4.79 Å². The lowest BCUT2D eigenvalue weighted by Crippen LogP contribution is -2.48. The lowest BCUT2D eigenvalue weighted by molar-refractivity contribution is -0.118. The first kappa shape index (κ1) is 18.3. The molecule has 5 heteroatoms. The van der Waals surface area contributed by atoms with Crippen LogP contribution in [0.15, 0.2) is 24.3 Å². The Balaban J connectivity index is 1.88. The molecule has 1 N–H and O–H groups in total. The molecule has 0 radical (unpaired) electrons. The Morgan fingerprint density at radius 1 is 1.20 bits per heavy atom. The molecule has 1 aliphatic carbocycles. The van der Waals surface area contributed by atoms with Gasteiger partial charge in [-0.15, -0.1) is 11.8 Å². The molecule has 0 bridgehead atoms. The van der Waals surface area contributed by atoms with Gasteiger partial charge in [0.05, 0.1) is 15.7 Å². The van der Waals surface area contributed by atoms with Crippen LogP contribution in [0.2, 0.25) is 0 Å². The maximum Gasteiger partial charge on any atom is 0.335 e. The summed E-state index contributed by atoms with van der Waals surface area (Å²) < 4.78 is 0. The van der Waals surface area contributed by atoms with Gasteiger partial charge >= 0.3 is 5.97 Å². The van der Waals surface area contributed by atoms with Crippen LogP contribution in [-0.4, -0.2) is 27.1 Å². The molecule has 1 spiro atoms. The van der Waals surface area contributed by atoms with Gasteiger partial charge in [0.1, 0.15) is 0 Å². The third-order valence-electron chi connectivity index (χ3n) is 5.74. The zero-order valence-electron chi connectivity index (χ0n) is 15.4. The summed E-state index contributed by atoms with van der Waals surface area (Å²) in [5.74, 6) is -0.120. The van der Waals surface area contributed by atoms with Gasteiger partial charge in [-0.1, -0.05) is 20.8 Å². The largest absolute Gasteiger partial charge is 0.478 e. The third-order valence-corrected chi connectivity index (χ3v) is 7.32. The zero-order valence-corrected chi connectivity index (χ0v) is 16.2. The molecular weight excluding hydrogens is 334 g/mol. The lowest BCUT2D eigenvalue weighted by atomic mass is 9.71. The van der Waals surface area contributed by atoms with Crippen molar-refractivity contribution in [3.63, 3.8) is 0 Å². The second kappa shape index (κ2) is 6.35. The highest BCUT2D eigenvalue weighted by Crippen LogP contribution is 2.54. The predicted molar refractivity (Wildman–Crippen MR) is 102 cm³/mol. The van der Waals surface area contributed by atoms with Crippen molar-refractivity contribution in [1.29, 1.82) is 0 Å². The standard InChI is InChI=1S/C20H27NO3S/c1-13-17(22)21(16-7-5-14(6-8-16)18(23)24)20(25-13)11-9-15(10-12-20)19(2,3)4/h5-8,13,15H,9-12H2,1-4H3,(H,23,24). The molecule has 136 valence electrons. The van der Waals surface area contributed by atoms with Crippen LogP contribution in [0.3, 0.4) is 0 Å². The van der Waals surface area contributed by atoms with Crippen LogP contribution < -0.4 is 4.90 Å². The molecule has 3 rings (SSSR count). The van der Waals surface area contributed by atoms with E-state index in [2.05, 4.69) is 20.8 Å². The van der Waals surface area contributed by atoms with Crippen molar-refractivity contribution in [2.24, 2.45) is 11.3 Å². The fourth-order valence-electron chi connectivity index (χ4n) is 4.21. The van der Waals surface area contributed by atoms with E-state index in [1.165, 1.54) is 0 Å². The van der Waals surface area contributed by atoms with Crippen molar-refractivity contribution < 1.29 is 14.7 Å². The molecule has 1 aliphatic heterocycles. The van der Waals surface area contributed by atoms with Gasteiger partial charge in [-0.3, -0.25) is 9.69 Å². The molecule has 1 saturated carbocycles. The maximum absolute atomic E-state index is 12.9. The van der Waals surface area contributed by atoms with E-state index in [4.69, 9.17) is 5.11 Å². The van der Waals surface area contributed by atoms with E-state index in [1.54, 1.807) is 36.0 Å². The number of carboxylic acids is 1. The predicted octanol–water partition coefficient (Wildman–Crippen LogP) is 4.79. The van der Waals surface area contributed by atoms with E-state index in [1.807, 2.05) is 11.8 Å². The van der Waals surface area contributed by atoms with Crippen LogP contribution in [0.1, 0.15) is 63.7 Å². The summed E-state index contributed by atoms with van der Waals surface area (Å²) in [4.78, 5) is 25.7. The molecule has 1 aromatic rings. The van der Waals surface area contributed by atoms with Gasteiger partial charge in [-0.2, -0.15) is 0 Å². The highest BCUT2D eigenvalue weighted by molar-refractivity contribution is 8.02. The molecular formula is C20H27NO3S. The van der Waals surface area contributed by atoms with E-state index in [9.17, 15) is 9.59 Å². The van der Waals surface area contributed by atoms with Crippen LogP contribution in [-0.2, 0) is 4.79 Å². The number of aromatic carboxylic acids is 1. The number of carboxylic acid groups (broad SMARTS) is 1. The second-order valence-electron chi connectivity index (χ2n) is 8.37. The Labute approximate surface area is 154 Å². The van der Waals surface area contributed by atoms with E-state index in [-0.39, 0.29) is 21.6 Å². The normalized spacial score (nSPS) is 30.1. The fourth-order valence-corrected chi connectivity index (χ4v) is 5.84. The summed E-state index contributed by atoms with van der Waals surface area (Å²) in [6, 6.07) is 6.73. The summed E-state index contributed by atoms with van der Waals surface area (Å²) in [5.41, 5.74) is 1.37. The average molecular weight is 362 g/mol. The lowest BCUT2D eigenvalue weighted by Gasteiger charge is -2.45. The highest BCUT2D eigenvalue weighted by atomic mass is 32.2. The summed E-state index contributed by atoms with van der Waals surface area (Å²) in [5, 5.41) is 9.05. The molecule has 0 aromatic heterocycles. The minimum absolute atomic E-state index is 0.0506. The molecule has 1 atom stereocenters. The summed E-state index contributed by atoms with van der Waals surface area (Å²) in [6.07, 6.45) is 4.24. The molecule has 1 heterocycles. The molecule has 1 amide bonds. The van der Waals surface area contributed by atoms with Crippen molar-refractivity contribution in [3.8, 4) is 0 Å². The molecule has 25 heavy (non-hydrogen) atoms. The fraction of sp³-hybridized carbons (Fsp3) is 0.600. The van der Waals surface area contributed by atoms with E-state index in [0.29, 0.717) is 11.3 Å². The Hall–Kier alpha value is -1.49. The van der Waals surface area contributed by atoms with Crippen molar-refractivity contribution in [2.75, 3.05) is 4.90 Å². The number of hydrogen-bond acceptors (Lipinski definition) is 3. The quantitative estimate of drug-likeness (QED) is 0.823. The minimum atomic E-state index is -0.942. The Morgan fingerprint density at radius 3 is 2.24 bits per heavy atom. The number of carbonyl (C=O) groups excluding carboxylic acids is 1. The summed E-state index contributed by atoms with van der Waals surface area (Å²) in [6.45, 7) is 8.88. The van der Waals surface area contributed by atoms with Crippen LogP contribution >= 0.6 is 11.8 Å². The number of hydrogen-bond donors (Lipinski definition) is 1. The molecule has 4 nitrogen and oxygen atoms in total. The van der Waals surface area contributed by atoms with Crippen molar-refractivity contribution in [1.82, 2.24) is 0 Å². The monoisotopic (exact) mass is 361 g/mol. The summed E-state index contributed by atoms with van der Waals surface area (Å²) >= 11 is 1.78.